The number of nitrogens with zero attached hydrogens (tertiary/aromatic N) is 2. The van der Waals surface area contributed by atoms with E-state index >= 15 is 0 Å². The third-order valence-corrected chi connectivity index (χ3v) is 4.75. The van der Waals surface area contributed by atoms with Crippen LogP contribution in [0.15, 0.2) is 18.2 Å². The number of aromatic nitrogens is 2. The number of hydrogen-bond donors (Lipinski definition) is 1. The number of hydrogen-bond acceptors (Lipinski definition) is 3. The first-order chi connectivity index (χ1) is 9.93. The number of anilines is 1. The molecule has 1 aromatic carbocycles. The van der Waals surface area contributed by atoms with Crippen LogP contribution in [0, 0.1) is 3.57 Å². The zero-order valence-electron chi connectivity index (χ0n) is 12.0. The summed E-state index contributed by atoms with van der Waals surface area (Å²) in [5, 5.41) is 4.33. The van der Waals surface area contributed by atoms with E-state index in [-0.39, 0.29) is 0 Å². The highest BCUT2D eigenvalue weighted by Crippen LogP contribution is 2.31. The van der Waals surface area contributed by atoms with E-state index in [1.165, 1.54) is 0 Å². The minimum absolute atomic E-state index is 0.318. The fourth-order valence-corrected chi connectivity index (χ4v) is 3.25. The molecule has 1 heterocycles. The van der Waals surface area contributed by atoms with Gasteiger partial charge in [-0.25, -0.2) is 9.97 Å². The average molecular weight is 436 g/mol. The van der Waals surface area contributed by atoms with E-state index < -0.39 is 0 Å². The van der Waals surface area contributed by atoms with Crippen molar-refractivity contribution < 1.29 is 0 Å². The SMILES string of the molecule is CCNc1nc(-c2ccc(Cl)c(Cl)c2)nc(C(C)C)c1I. The molecule has 6 heteroatoms. The van der Waals surface area contributed by atoms with Crippen molar-refractivity contribution in [3.05, 3.63) is 37.5 Å². The lowest BCUT2D eigenvalue weighted by Crippen LogP contribution is -2.09. The van der Waals surface area contributed by atoms with Crippen molar-refractivity contribution in [1.29, 1.82) is 0 Å². The Morgan fingerprint density at radius 2 is 1.90 bits per heavy atom. The van der Waals surface area contributed by atoms with E-state index in [1.54, 1.807) is 12.1 Å². The molecule has 0 amide bonds. The highest BCUT2D eigenvalue weighted by atomic mass is 127. The van der Waals surface area contributed by atoms with Gasteiger partial charge in [-0.05, 0) is 53.6 Å². The first-order valence-electron chi connectivity index (χ1n) is 6.70. The van der Waals surface area contributed by atoms with Crippen LogP contribution in [0.4, 0.5) is 5.82 Å². The summed E-state index contributed by atoms with van der Waals surface area (Å²) >= 11 is 14.4. The Labute approximate surface area is 148 Å². The van der Waals surface area contributed by atoms with Crippen LogP contribution >= 0.6 is 45.8 Å². The summed E-state index contributed by atoms with van der Waals surface area (Å²) in [6.45, 7) is 7.11. The van der Waals surface area contributed by atoms with Gasteiger partial charge in [-0.2, -0.15) is 0 Å². The minimum Gasteiger partial charge on any atom is -0.369 e. The lowest BCUT2D eigenvalue weighted by atomic mass is 10.1. The molecule has 2 aromatic rings. The van der Waals surface area contributed by atoms with Crippen LogP contribution in [-0.2, 0) is 0 Å². The molecular formula is C15H16Cl2IN3. The Morgan fingerprint density at radius 1 is 1.19 bits per heavy atom. The maximum Gasteiger partial charge on any atom is 0.161 e. The van der Waals surface area contributed by atoms with Gasteiger partial charge in [0.1, 0.15) is 5.82 Å². The minimum atomic E-state index is 0.318. The van der Waals surface area contributed by atoms with Crippen LogP contribution < -0.4 is 5.32 Å². The van der Waals surface area contributed by atoms with Crippen LogP contribution in [0.3, 0.4) is 0 Å². The summed E-state index contributed by atoms with van der Waals surface area (Å²) in [5.41, 5.74) is 1.89. The first-order valence-corrected chi connectivity index (χ1v) is 8.54. The topological polar surface area (TPSA) is 37.8 Å². The highest BCUT2D eigenvalue weighted by molar-refractivity contribution is 14.1. The van der Waals surface area contributed by atoms with E-state index in [4.69, 9.17) is 28.2 Å². The van der Waals surface area contributed by atoms with Crippen LogP contribution in [0.1, 0.15) is 32.4 Å². The molecule has 3 nitrogen and oxygen atoms in total. The molecule has 1 N–H and O–H groups in total. The molecule has 2 rings (SSSR count). The molecule has 0 spiro atoms. The molecule has 112 valence electrons. The van der Waals surface area contributed by atoms with Crippen LogP contribution in [0.2, 0.25) is 10.0 Å². The second kappa shape index (κ2) is 7.11. The van der Waals surface area contributed by atoms with Crippen molar-refractivity contribution in [1.82, 2.24) is 9.97 Å². The summed E-state index contributed by atoms with van der Waals surface area (Å²) in [6, 6.07) is 5.45. The Morgan fingerprint density at radius 3 is 2.48 bits per heavy atom. The smallest absolute Gasteiger partial charge is 0.161 e. The van der Waals surface area contributed by atoms with Gasteiger partial charge < -0.3 is 5.32 Å². The highest BCUT2D eigenvalue weighted by Gasteiger charge is 2.16. The predicted octanol–water partition coefficient (Wildman–Crippen LogP) is 5.61. The molecule has 0 atom stereocenters. The first kappa shape index (κ1) is 16.8. The van der Waals surface area contributed by atoms with Crippen molar-refractivity contribution in [3.8, 4) is 11.4 Å². The van der Waals surface area contributed by atoms with Crippen LogP contribution in [-0.4, -0.2) is 16.5 Å². The monoisotopic (exact) mass is 435 g/mol. The second-order valence-corrected chi connectivity index (χ2v) is 6.80. The van der Waals surface area contributed by atoms with Crippen LogP contribution in [0.25, 0.3) is 11.4 Å². The average Bonchev–Trinajstić information content (AvgIpc) is 2.44. The van der Waals surface area contributed by atoms with Gasteiger partial charge in [-0.15, -0.1) is 0 Å². The summed E-state index contributed by atoms with van der Waals surface area (Å²) < 4.78 is 1.06. The number of benzene rings is 1. The molecule has 0 bridgehead atoms. The molecule has 0 unspecified atom stereocenters. The number of halogens is 3. The van der Waals surface area contributed by atoms with E-state index in [9.17, 15) is 0 Å². The maximum absolute atomic E-state index is 6.09. The van der Waals surface area contributed by atoms with E-state index in [0.29, 0.717) is 21.8 Å². The van der Waals surface area contributed by atoms with E-state index in [0.717, 1.165) is 27.2 Å². The normalized spacial score (nSPS) is 11.0. The summed E-state index contributed by atoms with van der Waals surface area (Å²) in [7, 11) is 0. The van der Waals surface area contributed by atoms with E-state index in [1.807, 2.05) is 13.0 Å². The van der Waals surface area contributed by atoms with Gasteiger partial charge in [-0.1, -0.05) is 37.0 Å². The summed E-state index contributed by atoms with van der Waals surface area (Å²) in [4.78, 5) is 9.31. The maximum atomic E-state index is 6.09. The molecule has 21 heavy (non-hydrogen) atoms. The van der Waals surface area contributed by atoms with Gasteiger partial charge in [-0.3, -0.25) is 0 Å². The molecule has 0 aliphatic rings. The van der Waals surface area contributed by atoms with Crippen molar-refractivity contribution in [2.75, 3.05) is 11.9 Å². The fourth-order valence-electron chi connectivity index (χ4n) is 1.90. The molecule has 0 aliphatic heterocycles. The van der Waals surface area contributed by atoms with Gasteiger partial charge in [0.2, 0.25) is 0 Å². The van der Waals surface area contributed by atoms with Crippen LogP contribution in [0.5, 0.6) is 0 Å². The Bertz CT molecular complexity index is 660. The number of nitrogens with one attached hydrogen (secondary N) is 1. The summed E-state index contributed by atoms with van der Waals surface area (Å²) in [6.07, 6.45) is 0. The van der Waals surface area contributed by atoms with Gasteiger partial charge in [0.15, 0.2) is 5.82 Å². The van der Waals surface area contributed by atoms with Gasteiger partial charge in [0.25, 0.3) is 0 Å². The molecule has 0 fully saturated rings. The zero-order valence-corrected chi connectivity index (χ0v) is 15.7. The predicted molar refractivity (Wildman–Crippen MR) is 98.5 cm³/mol. The molecule has 0 saturated carbocycles. The lowest BCUT2D eigenvalue weighted by molar-refractivity contribution is 0.808. The summed E-state index contributed by atoms with van der Waals surface area (Å²) in [5.74, 6) is 1.84. The Hall–Kier alpha value is -0.590. The Kier molecular flexibility index (Phi) is 5.68. The third-order valence-electron chi connectivity index (χ3n) is 2.95. The third kappa shape index (κ3) is 3.79. The lowest BCUT2D eigenvalue weighted by Gasteiger charge is -2.14. The standard InChI is InChI=1S/C15H16Cl2IN3/c1-4-19-15-12(18)13(8(2)3)20-14(21-15)9-5-6-10(16)11(17)7-9/h5-8H,4H2,1-3H3,(H,19,20,21). The molecular weight excluding hydrogens is 420 g/mol. The fraction of sp³-hybridized carbons (Fsp3) is 0.333. The van der Waals surface area contributed by atoms with Gasteiger partial charge in [0.05, 0.1) is 19.3 Å². The van der Waals surface area contributed by atoms with E-state index in [2.05, 4.69) is 46.7 Å². The van der Waals surface area contributed by atoms with Gasteiger partial charge in [0, 0.05) is 12.1 Å². The van der Waals surface area contributed by atoms with Crippen molar-refractivity contribution >= 4 is 51.6 Å². The second-order valence-electron chi connectivity index (χ2n) is 4.91. The van der Waals surface area contributed by atoms with Crippen molar-refractivity contribution in [2.45, 2.75) is 26.7 Å². The molecule has 1 aromatic heterocycles. The van der Waals surface area contributed by atoms with Crippen molar-refractivity contribution in [3.63, 3.8) is 0 Å². The molecule has 0 aliphatic carbocycles. The molecule has 0 saturated heterocycles. The largest absolute Gasteiger partial charge is 0.369 e. The van der Waals surface area contributed by atoms with Gasteiger partial charge >= 0.3 is 0 Å². The number of rotatable bonds is 4. The Balaban J connectivity index is 2.59. The van der Waals surface area contributed by atoms with Crippen molar-refractivity contribution in [2.24, 2.45) is 0 Å². The quantitative estimate of drug-likeness (QED) is 0.634. The zero-order chi connectivity index (χ0) is 15.6. The molecule has 0 radical (unpaired) electrons.